The summed E-state index contributed by atoms with van der Waals surface area (Å²) in [7, 11) is 0. The number of para-hydroxylation sites is 1. The smallest absolute Gasteiger partial charge is 0.269 e. The van der Waals surface area contributed by atoms with Gasteiger partial charge in [-0.1, -0.05) is 73.7 Å². The van der Waals surface area contributed by atoms with E-state index in [0.29, 0.717) is 10.7 Å². The van der Waals surface area contributed by atoms with Crippen LogP contribution in [0.15, 0.2) is 113 Å². The molecule has 40 heavy (non-hydrogen) atoms. The number of thioether (sulfide) groups is 1. The summed E-state index contributed by atoms with van der Waals surface area (Å²) in [6, 6.07) is 32.4. The zero-order chi connectivity index (χ0) is 27.9. The first-order valence-electron chi connectivity index (χ1n) is 12.9. The Labute approximate surface area is 235 Å². The highest BCUT2D eigenvalue weighted by molar-refractivity contribution is 8.17. The van der Waals surface area contributed by atoms with E-state index in [9.17, 15) is 14.9 Å². The van der Waals surface area contributed by atoms with Crippen LogP contribution in [-0.4, -0.2) is 21.5 Å². The summed E-state index contributed by atoms with van der Waals surface area (Å²) in [5.74, 6) is -0.177. The molecule has 0 saturated carbocycles. The van der Waals surface area contributed by atoms with Crippen LogP contribution < -0.4 is 10.0 Å². The van der Waals surface area contributed by atoms with Gasteiger partial charge in [-0.25, -0.2) is 10.0 Å². The number of carbonyl (C=O) groups is 1. The maximum atomic E-state index is 12.8. The number of benzene rings is 4. The van der Waals surface area contributed by atoms with Crippen LogP contribution in [0.25, 0.3) is 0 Å². The number of nitro groups is 1. The number of hydrazone groups is 2. The molecule has 2 aliphatic heterocycles. The molecular formula is C31H25N5O3S. The van der Waals surface area contributed by atoms with Crippen LogP contribution in [0, 0.1) is 10.1 Å². The molecule has 6 rings (SSSR count). The molecule has 0 bridgehead atoms. The second-order valence-electron chi connectivity index (χ2n) is 9.45. The molecule has 4 aromatic carbocycles. The normalized spacial score (nSPS) is 17.9. The number of carbonyl (C=O) groups excluding carboxylic acids is 1. The summed E-state index contributed by atoms with van der Waals surface area (Å²) in [5, 5.41) is 25.4. The van der Waals surface area contributed by atoms with Gasteiger partial charge < -0.3 is 0 Å². The van der Waals surface area contributed by atoms with Crippen LogP contribution in [0.4, 0.5) is 17.1 Å². The molecule has 0 saturated heterocycles. The van der Waals surface area contributed by atoms with Gasteiger partial charge >= 0.3 is 0 Å². The zero-order valence-corrected chi connectivity index (χ0v) is 22.7. The molecule has 9 heteroatoms. The number of nitrogens with zero attached hydrogens (tertiary/aromatic N) is 5. The molecular weight excluding hydrogens is 522 g/mol. The number of rotatable bonds is 6. The Bertz CT molecular complexity index is 1670. The van der Waals surface area contributed by atoms with Gasteiger partial charge in [0.15, 0.2) is 10.8 Å². The standard InChI is InChI=1S/C31H25N5O3S/c1-3-22-13-15-23(16-14-22)29-27-11-7-8-12-28(27)31(34(32-29)24-9-5-4-6-10-24)35(33-30(40-31)21(2)37)25-17-19-26(20-18-25)36(38)39/h4-20H,3H2,1-2H3/t31-/m1/s1. The van der Waals surface area contributed by atoms with E-state index < -0.39 is 9.92 Å². The number of ketones is 1. The van der Waals surface area contributed by atoms with Gasteiger partial charge in [-0.05, 0) is 48.0 Å². The third kappa shape index (κ3) is 4.15. The average molecular weight is 548 g/mol. The highest BCUT2D eigenvalue weighted by Gasteiger charge is 2.55. The van der Waals surface area contributed by atoms with Gasteiger partial charge in [0.25, 0.3) is 5.69 Å². The minimum absolute atomic E-state index is 0.0276. The fourth-order valence-electron chi connectivity index (χ4n) is 4.97. The SMILES string of the molecule is CCc1ccc(C2=NN(c3ccccc3)[C@]3(SC(C(C)=O)=NN3c3ccc([N+](=O)[O-])cc3)c3ccccc32)cc1. The number of hydrogen-bond acceptors (Lipinski definition) is 8. The van der Waals surface area contributed by atoms with Gasteiger partial charge in [-0.3, -0.25) is 14.9 Å². The Hall–Kier alpha value is -4.76. The molecule has 198 valence electrons. The highest BCUT2D eigenvalue weighted by atomic mass is 32.2. The van der Waals surface area contributed by atoms with Crippen molar-refractivity contribution in [2.24, 2.45) is 10.2 Å². The lowest BCUT2D eigenvalue weighted by Crippen LogP contribution is -2.54. The van der Waals surface area contributed by atoms with Gasteiger partial charge in [0, 0.05) is 35.7 Å². The van der Waals surface area contributed by atoms with Gasteiger partial charge in [0.05, 0.1) is 22.0 Å². The Morgan fingerprint density at radius 1 is 0.850 bits per heavy atom. The topological polar surface area (TPSA) is 91.4 Å². The maximum absolute atomic E-state index is 12.8. The summed E-state index contributed by atoms with van der Waals surface area (Å²) < 4.78 is 0. The zero-order valence-electron chi connectivity index (χ0n) is 21.9. The van der Waals surface area contributed by atoms with Crippen molar-refractivity contribution in [3.8, 4) is 0 Å². The lowest BCUT2D eigenvalue weighted by Gasteiger charge is -2.47. The van der Waals surface area contributed by atoms with E-state index in [1.807, 2.05) is 59.6 Å². The van der Waals surface area contributed by atoms with Gasteiger partial charge in [-0.2, -0.15) is 10.2 Å². The average Bonchev–Trinajstić information content (AvgIpc) is 3.39. The van der Waals surface area contributed by atoms with Crippen LogP contribution in [-0.2, 0) is 16.2 Å². The quantitative estimate of drug-likeness (QED) is 0.197. The molecule has 1 atom stereocenters. The largest absolute Gasteiger partial charge is 0.292 e. The predicted molar refractivity (Wildman–Crippen MR) is 160 cm³/mol. The molecule has 2 aliphatic rings. The van der Waals surface area contributed by atoms with Crippen molar-refractivity contribution in [1.82, 2.24) is 0 Å². The van der Waals surface area contributed by atoms with E-state index >= 15 is 0 Å². The predicted octanol–water partition coefficient (Wildman–Crippen LogP) is 6.70. The lowest BCUT2D eigenvalue weighted by molar-refractivity contribution is -0.384. The van der Waals surface area contributed by atoms with Crippen LogP contribution in [0.1, 0.15) is 36.1 Å². The van der Waals surface area contributed by atoms with Crippen molar-refractivity contribution < 1.29 is 9.72 Å². The summed E-state index contributed by atoms with van der Waals surface area (Å²) in [6.07, 6.45) is 0.939. The summed E-state index contributed by atoms with van der Waals surface area (Å²) >= 11 is 1.32. The molecule has 0 unspecified atom stereocenters. The van der Waals surface area contributed by atoms with Crippen LogP contribution in [0.2, 0.25) is 0 Å². The molecule has 0 fully saturated rings. The number of anilines is 2. The van der Waals surface area contributed by atoms with Gasteiger partial charge in [0.1, 0.15) is 0 Å². The minimum Gasteiger partial charge on any atom is -0.292 e. The first kappa shape index (κ1) is 25.5. The Morgan fingerprint density at radius 3 is 2.12 bits per heavy atom. The number of nitro benzene ring substituents is 1. The van der Waals surface area contributed by atoms with E-state index in [0.717, 1.165) is 34.5 Å². The monoisotopic (exact) mass is 547 g/mol. The van der Waals surface area contributed by atoms with E-state index in [1.54, 1.807) is 17.1 Å². The summed E-state index contributed by atoms with van der Waals surface area (Å²) in [6.45, 7) is 3.62. The number of hydrogen-bond donors (Lipinski definition) is 0. The molecule has 0 aliphatic carbocycles. The van der Waals surface area contributed by atoms with E-state index in [4.69, 9.17) is 10.2 Å². The number of fused-ring (bicyclic) bond motifs is 2. The Balaban J connectivity index is 1.62. The summed E-state index contributed by atoms with van der Waals surface area (Å²) in [5.41, 5.74) is 6.19. The maximum Gasteiger partial charge on any atom is 0.269 e. The second-order valence-corrected chi connectivity index (χ2v) is 10.6. The van der Waals surface area contributed by atoms with Crippen LogP contribution >= 0.6 is 11.8 Å². The van der Waals surface area contributed by atoms with Crippen molar-refractivity contribution in [3.63, 3.8) is 0 Å². The van der Waals surface area contributed by atoms with Gasteiger partial charge in [-0.15, -0.1) is 0 Å². The number of non-ortho nitro benzene ring substituents is 1. The number of aryl methyl sites for hydroxylation is 1. The third-order valence-electron chi connectivity index (χ3n) is 6.98. The molecule has 0 N–H and O–H groups in total. The first-order chi connectivity index (χ1) is 19.4. The van der Waals surface area contributed by atoms with Gasteiger partial charge in [0.2, 0.25) is 4.99 Å². The van der Waals surface area contributed by atoms with E-state index in [1.165, 1.54) is 36.4 Å². The van der Waals surface area contributed by atoms with E-state index in [-0.39, 0.29) is 11.5 Å². The minimum atomic E-state index is -1.11. The third-order valence-corrected chi connectivity index (χ3v) is 8.39. The molecule has 0 radical (unpaired) electrons. The fraction of sp³-hybridized carbons (Fsp3) is 0.129. The second kappa shape index (κ2) is 10.1. The van der Waals surface area contributed by atoms with Crippen molar-refractivity contribution in [3.05, 3.63) is 135 Å². The van der Waals surface area contributed by atoms with Crippen molar-refractivity contribution >= 4 is 45.4 Å². The molecule has 1 spiro atoms. The molecule has 0 aromatic heterocycles. The van der Waals surface area contributed by atoms with Crippen molar-refractivity contribution in [1.29, 1.82) is 0 Å². The fourth-order valence-corrected chi connectivity index (χ4v) is 6.26. The molecule has 8 nitrogen and oxygen atoms in total. The highest BCUT2D eigenvalue weighted by Crippen LogP contribution is 2.55. The lowest BCUT2D eigenvalue weighted by atomic mass is 9.92. The Kier molecular flexibility index (Phi) is 6.43. The van der Waals surface area contributed by atoms with Crippen molar-refractivity contribution in [2.45, 2.75) is 25.3 Å². The van der Waals surface area contributed by atoms with E-state index in [2.05, 4.69) is 31.2 Å². The number of Topliss-reactive ketones (excluding diaryl/α,β-unsaturated/α-hetero) is 1. The molecule has 2 heterocycles. The molecule has 0 amide bonds. The first-order valence-corrected chi connectivity index (χ1v) is 13.7. The molecule has 4 aromatic rings. The van der Waals surface area contributed by atoms with Crippen molar-refractivity contribution in [2.75, 3.05) is 10.0 Å². The van der Waals surface area contributed by atoms with Crippen LogP contribution in [0.5, 0.6) is 0 Å². The van der Waals surface area contributed by atoms with Crippen LogP contribution in [0.3, 0.4) is 0 Å². The Morgan fingerprint density at radius 2 is 1.48 bits per heavy atom. The summed E-state index contributed by atoms with van der Waals surface area (Å²) in [4.78, 5) is 22.6.